The van der Waals surface area contributed by atoms with E-state index in [1.165, 1.54) is 48.5 Å². The predicted octanol–water partition coefficient (Wildman–Crippen LogP) is 5.47. The predicted molar refractivity (Wildman–Crippen MR) is 202 cm³/mol. The number of aromatic carboxylic acids is 1. The van der Waals surface area contributed by atoms with Crippen LogP contribution in [0.25, 0.3) is 10.8 Å². The Balaban J connectivity index is 1.36. The van der Waals surface area contributed by atoms with E-state index in [9.17, 15) is 27.9 Å². The molecule has 54 heavy (non-hydrogen) atoms. The van der Waals surface area contributed by atoms with E-state index in [1.54, 1.807) is 45.9 Å². The molecule has 3 aliphatic rings. The maximum atomic E-state index is 15.0. The summed E-state index contributed by atoms with van der Waals surface area (Å²) in [7, 11) is -2.53. The number of carboxylic acids is 1. The molecule has 16 heteroatoms. The molecular weight excluding hydrogens is 738 g/mol. The van der Waals surface area contributed by atoms with Crippen LogP contribution in [-0.2, 0) is 19.6 Å². The molecule has 288 valence electrons. The molecule has 3 N–H and O–H groups in total. The van der Waals surface area contributed by atoms with E-state index < -0.39 is 74.1 Å². The first-order valence-corrected chi connectivity index (χ1v) is 19.6. The Morgan fingerprint density at radius 3 is 2.39 bits per heavy atom. The van der Waals surface area contributed by atoms with Gasteiger partial charge in [0, 0.05) is 39.9 Å². The number of nitrogens with zero attached hydrogens (tertiary/aromatic N) is 3. The number of ether oxygens (including phenoxy) is 2. The standard InChI is InChI=1S/C38H44ClN5O9S/c1-7-23-18-38(23,35(48)42-54(50,51)27-13-14-27)44(33(45)31(37(3,4)5)41-25-11-8-22(9-12-25)34(46)47)36(49)43-20-26(16-21(43)2)53-32-29-17-24(39)10-15-28(29)30(52-6)19-40-32/h7-12,15,17,19,21,23,26-27,31,41H,1,13-14,16,18,20H2,2-6H3,(H,42,48)(H,46,47)/t21?,23-,26-,31-,38-/m1/s1. The van der Waals surface area contributed by atoms with Gasteiger partial charge in [0.2, 0.25) is 15.9 Å². The number of pyridine rings is 1. The Morgan fingerprint density at radius 1 is 1.13 bits per heavy atom. The lowest BCUT2D eigenvalue weighted by atomic mass is 9.85. The average Bonchev–Trinajstić information content (AvgIpc) is 4.04. The number of urea groups is 1. The number of sulfonamides is 1. The molecule has 6 rings (SSSR count). The second-order valence-corrected chi connectivity index (χ2v) is 17.6. The highest BCUT2D eigenvalue weighted by molar-refractivity contribution is 7.91. The molecule has 2 saturated carbocycles. The van der Waals surface area contributed by atoms with Crippen molar-refractivity contribution in [3.63, 3.8) is 0 Å². The molecule has 14 nitrogen and oxygen atoms in total. The fraction of sp³-hybridized carbons (Fsp3) is 0.447. The molecule has 0 radical (unpaired) electrons. The third-order valence-electron chi connectivity index (χ3n) is 10.3. The van der Waals surface area contributed by atoms with Crippen molar-refractivity contribution in [2.45, 2.75) is 82.4 Å². The number of benzene rings is 2. The summed E-state index contributed by atoms with van der Waals surface area (Å²) < 4.78 is 40.2. The first-order chi connectivity index (χ1) is 25.4. The zero-order chi connectivity index (χ0) is 39.3. The monoisotopic (exact) mass is 781 g/mol. The van der Waals surface area contributed by atoms with Crippen LogP contribution in [0.5, 0.6) is 11.6 Å². The van der Waals surface area contributed by atoms with E-state index in [-0.39, 0.29) is 24.4 Å². The van der Waals surface area contributed by atoms with Gasteiger partial charge in [0.1, 0.15) is 23.4 Å². The molecule has 3 aromatic rings. The van der Waals surface area contributed by atoms with Gasteiger partial charge in [-0.2, -0.15) is 0 Å². The number of anilines is 1. The molecule has 1 aromatic heterocycles. The van der Waals surface area contributed by atoms with Crippen LogP contribution in [0.4, 0.5) is 10.5 Å². The minimum absolute atomic E-state index is 0.0145. The number of rotatable bonds is 12. The van der Waals surface area contributed by atoms with E-state index in [0.717, 1.165) is 10.3 Å². The van der Waals surface area contributed by atoms with Crippen LogP contribution in [0.2, 0.25) is 5.02 Å². The fourth-order valence-electron chi connectivity index (χ4n) is 7.01. The third kappa shape index (κ3) is 7.43. The van der Waals surface area contributed by atoms with Crippen LogP contribution in [0.15, 0.2) is 61.3 Å². The Labute approximate surface area is 318 Å². The number of methoxy groups -OCH3 is 1. The van der Waals surface area contributed by atoms with E-state index in [0.29, 0.717) is 41.1 Å². The number of carboxylic acid groups (broad SMARTS) is 1. The Bertz CT molecular complexity index is 2120. The van der Waals surface area contributed by atoms with Gasteiger partial charge in [-0.25, -0.2) is 27.9 Å². The lowest BCUT2D eigenvalue weighted by Gasteiger charge is -2.40. The molecule has 0 bridgehead atoms. The van der Waals surface area contributed by atoms with Crippen molar-refractivity contribution in [3.8, 4) is 11.6 Å². The minimum atomic E-state index is -4.06. The zero-order valence-electron chi connectivity index (χ0n) is 30.7. The highest BCUT2D eigenvalue weighted by Crippen LogP contribution is 2.52. The summed E-state index contributed by atoms with van der Waals surface area (Å²) in [6.45, 7) is 11.0. The van der Waals surface area contributed by atoms with Crippen molar-refractivity contribution in [1.29, 1.82) is 0 Å². The van der Waals surface area contributed by atoms with Gasteiger partial charge in [-0.15, -0.1) is 6.58 Å². The molecule has 3 fully saturated rings. The van der Waals surface area contributed by atoms with Gasteiger partial charge in [0.15, 0.2) is 0 Å². The molecular formula is C38H44ClN5O9S. The highest BCUT2D eigenvalue weighted by atomic mass is 35.5. The molecule has 1 aliphatic heterocycles. The molecule has 1 unspecified atom stereocenters. The summed E-state index contributed by atoms with van der Waals surface area (Å²) in [4.78, 5) is 62.5. The lowest BCUT2D eigenvalue weighted by Crippen LogP contribution is -2.64. The van der Waals surface area contributed by atoms with E-state index >= 15 is 4.79 Å². The van der Waals surface area contributed by atoms with Crippen molar-refractivity contribution < 1.29 is 42.2 Å². The Kier molecular flexibility index (Phi) is 10.4. The molecule has 2 aromatic carbocycles. The smallest absolute Gasteiger partial charge is 0.335 e. The highest BCUT2D eigenvalue weighted by Gasteiger charge is 2.68. The number of fused-ring (bicyclic) bond motifs is 1. The zero-order valence-corrected chi connectivity index (χ0v) is 32.2. The van der Waals surface area contributed by atoms with Crippen LogP contribution in [0.3, 0.4) is 0 Å². The molecule has 2 aliphatic carbocycles. The summed E-state index contributed by atoms with van der Waals surface area (Å²) >= 11 is 6.32. The first kappa shape index (κ1) is 38.8. The summed E-state index contributed by atoms with van der Waals surface area (Å²) in [5.41, 5.74) is -2.33. The van der Waals surface area contributed by atoms with Gasteiger partial charge in [-0.1, -0.05) is 38.4 Å². The fourth-order valence-corrected chi connectivity index (χ4v) is 8.54. The van der Waals surface area contributed by atoms with Gasteiger partial charge in [-0.05, 0) is 74.1 Å². The number of carbonyl (C=O) groups excluding carboxylic acids is 3. The number of carbonyl (C=O) groups is 4. The van der Waals surface area contributed by atoms with Crippen molar-refractivity contribution in [2.75, 3.05) is 19.0 Å². The van der Waals surface area contributed by atoms with Gasteiger partial charge >= 0.3 is 12.0 Å². The second kappa shape index (κ2) is 14.4. The normalized spacial score (nSPS) is 22.9. The number of aromatic nitrogens is 1. The molecule has 0 spiro atoms. The van der Waals surface area contributed by atoms with Gasteiger partial charge < -0.3 is 24.8 Å². The summed E-state index contributed by atoms with van der Waals surface area (Å²) in [5.74, 6) is -2.82. The summed E-state index contributed by atoms with van der Waals surface area (Å²) in [5, 5.41) is 13.6. The minimum Gasteiger partial charge on any atom is -0.494 e. The number of hydrogen-bond donors (Lipinski definition) is 3. The lowest BCUT2D eigenvalue weighted by molar-refractivity contribution is -0.141. The molecule has 4 amide bonds. The maximum absolute atomic E-state index is 15.0. The van der Waals surface area contributed by atoms with Crippen LogP contribution in [-0.4, -0.2) is 94.8 Å². The SMILES string of the molecule is C=C[C@@H]1C[C@@]1(C(=O)NS(=O)(=O)C1CC1)N(C(=O)[C@@H](Nc1ccc(C(=O)O)cc1)C(C)(C)C)C(=O)N1C[C@H](Oc2ncc(OC)c3ccc(Cl)cc23)CC1C. The number of nitrogens with one attached hydrogen (secondary N) is 2. The number of halogens is 1. The topological polar surface area (TPSA) is 185 Å². The van der Waals surface area contributed by atoms with Crippen molar-refractivity contribution in [2.24, 2.45) is 11.3 Å². The van der Waals surface area contributed by atoms with Crippen LogP contribution < -0.4 is 19.5 Å². The number of amides is 4. The van der Waals surface area contributed by atoms with Crippen LogP contribution in [0, 0.1) is 11.3 Å². The molecule has 2 heterocycles. The summed E-state index contributed by atoms with van der Waals surface area (Å²) in [6, 6.07) is 8.57. The largest absolute Gasteiger partial charge is 0.494 e. The van der Waals surface area contributed by atoms with Gasteiger partial charge in [0.25, 0.3) is 11.8 Å². The van der Waals surface area contributed by atoms with E-state index in [4.69, 9.17) is 21.1 Å². The third-order valence-corrected chi connectivity index (χ3v) is 12.3. The number of likely N-dealkylation sites (tertiary alicyclic amines) is 1. The second-order valence-electron chi connectivity index (χ2n) is 15.2. The van der Waals surface area contributed by atoms with Crippen LogP contribution in [0.1, 0.15) is 63.7 Å². The van der Waals surface area contributed by atoms with Crippen molar-refractivity contribution >= 4 is 61.9 Å². The van der Waals surface area contributed by atoms with Crippen molar-refractivity contribution in [1.82, 2.24) is 19.5 Å². The van der Waals surface area contributed by atoms with Crippen LogP contribution >= 0.6 is 11.6 Å². The van der Waals surface area contributed by atoms with E-state index in [2.05, 4.69) is 21.6 Å². The van der Waals surface area contributed by atoms with Gasteiger partial charge in [-0.3, -0.25) is 14.3 Å². The average molecular weight is 782 g/mol. The Hall–Kier alpha value is -4.89. The Morgan fingerprint density at radius 2 is 1.81 bits per heavy atom. The number of imide groups is 1. The maximum Gasteiger partial charge on any atom is 0.335 e. The molecule has 5 atom stereocenters. The first-order valence-electron chi connectivity index (χ1n) is 17.6. The van der Waals surface area contributed by atoms with Crippen molar-refractivity contribution in [3.05, 3.63) is 71.9 Å². The quantitative estimate of drug-likeness (QED) is 0.198. The summed E-state index contributed by atoms with van der Waals surface area (Å²) in [6.07, 6.45) is 3.51. The number of hydrogen-bond acceptors (Lipinski definition) is 10. The van der Waals surface area contributed by atoms with Gasteiger partial charge in [0.05, 0.1) is 30.7 Å². The molecule has 1 saturated heterocycles. The van der Waals surface area contributed by atoms with E-state index in [1.807, 2.05) is 0 Å².